The number of nitrogens with zero attached hydrogens (tertiary/aromatic N) is 2. The van der Waals surface area contributed by atoms with Crippen LogP contribution >= 0.6 is 0 Å². The highest BCUT2D eigenvalue weighted by atomic mass is 32.2. The van der Waals surface area contributed by atoms with E-state index in [2.05, 4.69) is 15.4 Å². The fourth-order valence-corrected chi connectivity index (χ4v) is 1.69. The highest BCUT2D eigenvalue weighted by molar-refractivity contribution is 7.89. The van der Waals surface area contributed by atoms with Crippen molar-refractivity contribution in [2.75, 3.05) is 0 Å². The van der Waals surface area contributed by atoms with Crippen LogP contribution in [0.4, 0.5) is 0 Å². The maximum atomic E-state index is 11.3. The molecule has 78 valence electrons. The van der Waals surface area contributed by atoms with Gasteiger partial charge >= 0.3 is 0 Å². The van der Waals surface area contributed by atoms with Gasteiger partial charge in [0.25, 0.3) is 5.56 Å². The highest BCUT2D eigenvalue weighted by Gasteiger charge is 2.10. The molecular formula is C7H6N4O3S. The molecule has 0 aliphatic carbocycles. The molecule has 15 heavy (non-hydrogen) atoms. The molecule has 0 saturated carbocycles. The number of primary sulfonamides is 1. The van der Waals surface area contributed by atoms with Crippen LogP contribution in [0.25, 0.3) is 10.9 Å². The Morgan fingerprint density at radius 2 is 2.07 bits per heavy atom. The summed E-state index contributed by atoms with van der Waals surface area (Å²) in [7, 11) is -3.81. The molecule has 0 amide bonds. The van der Waals surface area contributed by atoms with Gasteiger partial charge in [-0.3, -0.25) is 4.79 Å². The van der Waals surface area contributed by atoms with Crippen LogP contribution < -0.4 is 10.7 Å². The molecule has 0 aliphatic heterocycles. The van der Waals surface area contributed by atoms with Crippen LogP contribution in [0.5, 0.6) is 0 Å². The van der Waals surface area contributed by atoms with E-state index >= 15 is 0 Å². The van der Waals surface area contributed by atoms with Gasteiger partial charge in [-0.1, -0.05) is 5.21 Å². The number of nitrogens with two attached hydrogens (primary N) is 1. The summed E-state index contributed by atoms with van der Waals surface area (Å²) in [5.41, 5.74) is -0.198. The number of rotatable bonds is 1. The summed E-state index contributed by atoms with van der Waals surface area (Å²) < 4.78 is 22.0. The topological polar surface area (TPSA) is 119 Å². The summed E-state index contributed by atoms with van der Waals surface area (Å²) in [5.74, 6) is 0. The molecule has 0 aliphatic rings. The summed E-state index contributed by atoms with van der Waals surface area (Å²) in [5, 5.41) is 14.1. The molecule has 0 unspecified atom stereocenters. The lowest BCUT2D eigenvalue weighted by Crippen LogP contribution is -2.14. The van der Waals surface area contributed by atoms with Gasteiger partial charge in [0.05, 0.1) is 10.3 Å². The Morgan fingerprint density at radius 1 is 1.33 bits per heavy atom. The molecule has 2 rings (SSSR count). The third-order valence-corrected chi connectivity index (χ3v) is 2.76. The number of nitrogens with one attached hydrogen (secondary N) is 1. The minimum Gasteiger partial charge on any atom is -0.267 e. The van der Waals surface area contributed by atoms with Gasteiger partial charge in [0.2, 0.25) is 10.0 Å². The van der Waals surface area contributed by atoms with Crippen molar-refractivity contribution >= 4 is 20.9 Å². The van der Waals surface area contributed by atoms with E-state index in [0.29, 0.717) is 5.52 Å². The van der Waals surface area contributed by atoms with Crippen molar-refractivity contribution in [3.63, 3.8) is 0 Å². The molecule has 1 aromatic heterocycles. The van der Waals surface area contributed by atoms with Crippen LogP contribution in [-0.2, 0) is 10.0 Å². The molecule has 0 saturated heterocycles. The standard InChI is InChI=1S/C7H6N4O3S/c8-15(13,14)4-1-2-6-5(3-4)7(12)10-11-9-6/h1-3H,(H2,8,13,14)(H,9,10,12). The summed E-state index contributed by atoms with van der Waals surface area (Å²) in [4.78, 5) is 11.1. The molecule has 2 aromatic rings. The number of aromatic nitrogens is 3. The Bertz CT molecular complexity index is 676. The molecule has 3 N–H and O–H groups in total. The van der Waals surface area contributed by atoms with Crippen LogP contribution in [0, 0.1) is 0 Å². The fraction of sp³-hybridized carbons (Fsp3) is 0. The molecule has 0 spiro atoms. The van der Waals surface area contributed by atoms with E-state index in [9.17, 15) is 13.2 Å². The molecule has 1 aromatic carbocycles. The van der Waals surface area contributed by atoms with Gasteiger partial charge in [-0.25, -0.2) is 18.7 Å². The second kappa shape index (κ2) is 3.11. The predicted molar refractivity (Wildman–Crippen MR) is 51.5 cm³/mol. The fourth-order valence-electron chi connectivity index (χ4n) is 1.15. The van der Waals surface area contributed by atoms with Crippen LogP contribution in [0.3, 0.4) is 0 Å². The number of fused-ring (bicyclic) bond motifs is 1. The van der Waals surface area contributed by atoms with Gasteiger partial charge in [0.15, 0.2) is 0 Å². The maximum Gasteiger partial charge on any atom is 0.275 e. The van der Waals surface area contributed by atoms with E-state index in [-0.39, 0.29) is 10.3 Å². The second-order valence-corrected chi connectivity index (χ2v) is 4.43. The van der Waals surface area contributed by atoms with E-state index in [1.54, 1.807) is 0 Å². The van der Waals surface area contributed by atoms with E-state index in [0.717, 1.165) is 6.07 Å². The lowest BCUT2D eigenvalue weighted by molar-refractivity contribution is 0.598. The summed E-state index contributed by atoms with van der Waals surface area (Å²) >= 11 is 0. The van der Waals surface area contributed by atoms with Crippen LogP contribution in [-0.4, -0.2) is 23.8 Å². The first-order valence-corrected chi connectivity index (χ1v) is 5.41. The Morgan fingerprint density at radius 3 is 2.73 bits per heavy atom. The normalized spacial score (nSPS) is 11.8. The van der Waals surface area contributed by atoms with E-state index in [4.69, 9.17) is 5.14 Å². The van der Waals surface area contributed by atoms with Crippen LogP contribution in [0.15, 0.2) is 27.9 Å². The molecule has 0 fully saturated rings. The SMILES string of the molecule is NS(=O)(=O)c1ccc2nn[nH]c(=O)c2c1. The number of sulfonamides is 1. The number of hydrogen-bond acceptors (Lipinski definition) is 5. The predicted octanol–water partition coefficient (Wildman–Crippen LogP) is -1.03. The lowest BCUT2D eigenvalue weighted by atomic mass is 10.2. The molecule has 0 bridgehead atoms. The second-order valence-electron chi connectivity index (χ2n) is 2.86. The molecule has 8 heteroatoms. The third-order valence-electron chi connectivity index (χ3n) is 1.85. The monoisotopic (exact) mass is 226 g/mol. The molecule has 0 atom stereocenters. The maximum absolute atomic E-state index is 11.3. The number of H-pyrrole nitrogens is 1. The van der Waals surface area contributed by atoms with Crippen LogP contribution in [0.1, 0.15) is 0 Å². The zero-order valence-corrected chi connectivity index (χ0v) is 8.15. The average Bonchev–Trinajstić information content (AvgIpc) is 2.16. The van der Waals surface area contributed by atoms with Crippen molar-refractivity contribution in [3.8, 4) is 0 Å². The largest absolute Gasteiger partial charge is 0.275 e. The first kappa shape index (κ1) is 9.74. The van der Waals surface area contributed by atoms with Crippen molar-refractivity contribution < 1.29 is 8.42 Å². The Balaban J connectivity index is 2.88. The number of benzene rings is 1. The summed E-state index contributed by atoms with van der Waals surface area (Å²) in [6.45, 7) is 0. The van der Waals surface area contributed by atoms with Gasteiger partial charge in [0, 0.05) is 0 Å². The van der Waals surface area contributed by atoms with E-state index in [1.807, 2.05) is 0 Å². The third kappa shape index (κ3) is 1.72. The van der Waals surface area contributed by atoms with Gasteiger partial charge in [-0.05, 0) is 18.2 Å². The first-order valence-electron chi connectivity index (χ1n) is 3.86. The van der Waals surface area contributed by atoms with E-state index < -0.39 is 15.6 Å². The molecule has 7 nitrogen and oxygen atoms in total. The highest BCUT2D eigenvalue weighted by Crippen LogP contribution is 2.12. The molecule has 1 heterocycles. The van der Waals surface area contributed by atoms with Crippen molar-refractivity contribution in [2.45, 2.75) is 4.90 Å². The van der Waals surface area contributed by atoms with Crippen molar-refractivity contribution in [3.05, 3.63) is 28.6 Å². The van der Waals surface area contributed by atoms with Crippen LogP contribution in [0.2, 0.25) is 0 Å². The van der Waals surface area contributed by atoms with Gasteiger partial charge in [-0.15, -0.1) is 5.10 Å². The average molecular weight is 226 g/mol. The molecule has 0 radical (unpaired) electrons. The zero-order chi connectivity index (χ0) is 11.1. The van der Waals surface area contributed by atoms with Crippen molar-refractivity contribution in [1.82, 2.24) is 15.4 Å². The van der Waals surface area contributed by atoms with Crippen molar-refractivity contribution in [1.29, 1.82) is 0 Å². The molecular weight excluding hydrogens is 220 g/mol. The first-order chi connectivity index (χ1) is 6.98. The minimum absolute atomic E-state index is 0.131. The van der Waals surface area contributed by atoms with Gasteiger partial charge < -0.3 is 0 Å². The Kier molecular flexibility index (Phi) is 2.02. The smallest absolute Gasteiger partial charge is 0.267 e. The summed E-state index contributed by atoms with van der Waals surface area (Å²) in [6.07, 6.45) is 0. The number of hydrogen-bond donors (Lipinski definition) is 2. The van der Waals surface area contributed by atoms with E-state index in [1.165, 1.54) is 12.1 Å². The van der Waals surface area contributed by atoms with Crippen molar-refractivity contribution in [2.24, 2.45) is 5.14 Å². The quantitative estimate of drug-likeness (QED) is 0.644. The Hall–Kier alpha value is -1.80. The lowest BCUT2D eigenvalue weighted by Gasteiger charge is -1.98. The van der Waals surface area contributed by atoms with Gasteiger partial charge in [0.1, 0.15) is 5.52 Å². The van der Waals surface area contributed by atoms with Gasteiger partial charge in [-0.2, -0.15) is 0 Å². The minimum atomic E-state index is -3.81. The summed E-state index contributed by atoms with van der Waals surface area (Å²) in [6, 6.07) is 3.81. The number of aromatic amines is 1. The Labute approximate surface area is 84.0 Å². The zero-order valence-electron chi connectivity index (χ0n) is 7.34.